The van der Waals surface area contributed by atoms with E-state index in [9.17, 15) is 9.59 Å². The lowest BCUT2D eigenvalue weighted by Crippen LogP contribution is -2.46. The Morgan fingerprint density at radius 2 is 1.92 bits per heavy atom. The van der Waals surface area contributed by atoms with Crippen molar-refractivity contribution in [2.24, 2.45) is 11.8 Å². The molecule has 1 aliphatic carbocycles. The molecule has 1 N–H and O–H groups in total. The fourth-order valence-corrected chi connectivity index (χ4v) is 4.31. The molecule has 0 spiro atoms. The second-order valence-electron chi connectivity index (χ2n) is 8.66. The van der Waals surface area contributed by atoms with Crippen LogP contribution in [0.4, 0.5) is 4.79 Å². The summed E-state index contributed by atoms with van der Waals surface area (Å²) in [6.07, 6.45) is 2.96. The molecule has 142 valence electrons. The number of likely N-dealkylation sites (tertiary alicyclic amines) is 1. The Kier molecular flexibility index (Phi) is 4.90. The van der Waals surface area contributed by atoms with Gasteiger partial charge in [0.1, 0.15) is 11.3 Å². The van der Waals surface area contributed by atoms with Crippen LogP contribution in [-0.2, 0) is 4.74 Å². The quantitative estimate of drug-likeness (QED) is 0.853. The fourth-order valence-electron chi connectivity index (χ4n) is 4.11. The molecule has 0 aromatic carbocycles. The normalized spacial score (nSPS) is 28.0. The maximum Gasteiger partial charge on any atom is 0.410 e. The predicted octanol–water partition coefficient (Wildman–Crippen LogP) is 3.50. The maximum absolute atomic E-state index is 12.5. The van der Waals surface area contributed by atoms with E-state index in [0.29, 0.717) is 29.9 Å². The Morgan fingerprint density at radius 1 is 1.31 bits per heavy atom. The van der Waals surface area contributed by atoms with E-state index >= 15 is 0 Å². The average Bonchev–Trinajstić information content (AvgIpc) is 3.00. The van der Waals surface area contributed by atoms with Crippen molar-refractivity contribution in [1.82, 2.24) is 15.2 Å². The molecule has 2 fully saturated rings. The summed E-state index contributed by atoms with van der Waals surface area (Å²) in [6.45, 7) is 9.02. The van der Waals surface area contributed by atoms with Crippen molar-refractivity contribution in [3.8, 4) is 0 Å². The Morgan fingerprint density at radius 3 is 2.46 bits per heavy atom. The monoisotopic (exact) mass is 379 g/mol. The van der Waals surface area contributed by atoms with Gasteiger partial charge in [-0.05, 0) is 64.5 Å². The number of rotatable bonds is 2. The van der Waals surface area contributed by atoms with Gasteiger partial charge in [0.25, 0.3) is 5.91 Å². The molecule has 1 saturated heterocycles. The zero-order valence-electron chi connectivity index (χ0n) is 15.7. The lowest BCUT2D eigenvalue weighted by atomic mass is 9.97. The van der Waals surface area contributed by atoms with Gasteiger partial charge in [0, 0.05) is 24.8 Å². The SMILES string of the molecule is CC1(NC(=O)c2ncccc2Cl)C[C@H]2CN(C(=O)OC(C)(C)C)C[C@H]2C1. The average molecular weight is 380 g/mol. The number of amides is 2. The highest BCUT2D eigenvalue weighted by molar-refractivity contribution is 6.33. The van der Waals surface area contributed by atoms with Crippen LogP contribution >= 0.6 is 11.6 Å². The van der Waals surface area contributed by atoms with Gasteiger partial charge in [0.15, 0.2) is 0 Å². The number of pyridine rings is 1. The first-order valence-electron chi connectivity index (χ1n) is 8.97. The molecule has 2 heterocycles. The molecular weight excluding hydrogens is 354 g/mol. The number of halogens is 1. The van der Waals surface area contributed by atoms with Gasteiger partial charge in [0.2, 0.25) is 0 Å². The molecule has 0 bridgehead atoms. The van der Waals surface area contributed by atoms with Crippen LogP contribution < -0.4 is 5.32 Å². The summed E-state index contributed by atoms with van der Waals surface area (Å²) < 4.78 is 5.47. The minimum atomic E-state index is -0.487. The number of aromatic nitrogens is 1. The summed E-state index contributed by atoms with van der Waals surface area (Å²) >= 11 is 6.07. The molecule has 1 unspecified atom stereocenters. The second-order valence-corrected chi connectivity index (χ2v) is 9.07. The highest BCUT2D eigenvalue weighted by Crippen LogP contribution is 2.44. The molecule has 26 heavy (non-hydrogen) atoms. The fraction of sp³-hybridized carbons (Fsp3) is 0.632. The first-order valence-corrected chi connectivity index (χ1v) is 9.35. The zero-order valence-corrected chi connectivity index (χ0v) is 16.5. The molecule has 1 aromatic rings. The van der Waals surface area contributed by atoms with Crippen LogP contribution in [0.1, 0.15) is 51.0 Å². The van der Waals surface area contributed by atoms with Crippen LogP contribution in [-0.4, -0.2) is 46.1 Å². The van der Waals surface area contributed by atoms with E-state index in [-0.39, 0.29) is 23.2 Å². The Bertz CT molecular complexity index is 702. The van der Waals surface area contributed by atoms with Crippen LogP contribution in [0, 0.1) is 11.8 Å². The number of carbonyl (C=O) groups excluding carboxylic acids is 2. The maximum atomic E-state index is 12.5. The smallest absolute Gasteiger partial charge is 0.410 e. The van der Waals surface area contributed by atoms with Gasteiger partial charge in [-0.15, -0.1) is 0 Å². The lowest BCUT2D eigenvalue weighted by molar-refractivity contribution is 0.0274. The molecule has 2 amide bonds. The summed E-state index contributed by atoms with van der Waals surface area (Å²) in [5.41, 5.74) is -0.546. The molecule has 3 atom stereocenters. The van der Waals surface area contributed by atoms with E-state index in [2.05, 4.69) is 17.2 Å². The van der Waals surface area contributed by atoms with E-state index < -0.39 is 5.60 Å². The highest BCUT2D eigenvalue weighted by Gasteiger charge is 2.49. The van der Waals surface area contributed by atoms with E-state index in [0.717, 1.165) is 12.8 Å². The van der Waals surface area contributed by atoms with Gasteiger partial charge in [-0.2, -0.15) is 0 Å². The Hall–Kier alpha value is -1.82. The summed E-state index contributed by atoms with van der Waals surface area (Å²) in [4.78, 5) is 30.7. The number of nitrogens with zero attached hydrogens (tertiary/aromatic N) is 2. The first kappa shape index (κ1) is 19.0. The van der Waals surface area contributed by atoms with E-state index in [1.54, 1.807) is 23.2 Å². The van der Waals surface area contributed by atoms with Crippen molar-refractivity contribution in [2.45, 2.75) is 51.7 Å². The summed E-state index contributed by atoms with van der Waals surface area (Å²) in [5, 5.41) is 3.45. The number of hydrogen-bond donors (Lipinski definition) is 1. The standard InChI is InChI=1S/C19H26ClN3O3/c1-18(2,3)26-17(25)23-10-12-8-19(4,9-13(12)11-23)22-16(24)15-14(20)6-5-7-21-15/h5-7,12-13H,8-11H2,1-4H3,(H,22,24)/t12-,13+,19?. The topological polar surface area (TPSA) is 71.5 Å². The Balaban J connectivity index is 1.59. The molecule has 7 heteroatoms. The number of carbonyl (C=O) groups is 2. The van der Waals surface area contributed by atoms with Gasteiger partial charge >= 0.3 is 6.09 Å². The minimum absolute atomic E-state index is 0.248. The van der Waals surface area contributed by atoms with Gasteiger partial charge < -0.3 is 15.0 Å². The number of ether oxygens (including phenoxy) is 1. The third kappa shape index (κ3) is 4.11. The molecule has 3 rings (SSSR count). The van der Waals surface area contributed by atoms with E-state index in [4.69, 9.17) is 16.3 Å². The molecule has 6 nitrogen and oxygen atoms in total. The van der Waals surface area contributed by atoms with E-state index in [1.807, 2.05) is 20.8 Å². The molecule has 1 saturated carbocycles. The predicted molar refractivity (Wildman–Crippen MR) is 99.1 cm³/mol. The molecular formula is C19H26ClN3O3. The van der Waals surface area contributed by atoms with Crippen LogP contribution in [0.3, 0.4) is 0 Å². The van der Waals surface area contributed by atoms with Crippen LogP contribution in [0.25, 0.3) is 0 Å². The van der Waals surface area contributed by atoms with Crippen LogP contribution in [0.2, 0.25) is 5.02 Å². The Labute approximate surface area is 159 Å². The number of fused-ring (bicyclic) bond motifs is 1. The van der Waals surface area contributed by atoms with Crippen molar-refractivity contribution in [3.63, 3.8) is 0 Å². The molecule has 2 aliphatic rings. The summed E-state index contributed by atoms with van der Waals surface area (Å²) in [6, 6.07) is 3.36. The van der Waals surface area contributed by atoms with Gasteiger partial charge in [-0.1, -0.05) is 11.6 Å². The van der Waals surface area contributed by atoms with Gasteiger partial charge in [-0.25, -0.2) is 9.78 Å². The molecule has 0 radical (unpaired) electrons. The van der Waals surface area contributed by atoms with Crippen molar-refractivity contribution in [2.75, 3.05) is 13.1 Å². The van der Waals surface area contributed by atoms with Crippen LogP contribution in [0.15, 0.2) is 18.3 Å². The number of nitrogens with one attached hydrogen (secondary N) is 1. The second kappa shape index (κ2) is 6.72. The lowest BCUT2D eigenvalue weighted by Gasteiger charge is -2.29. The third-order valence-corrected chi connectivity index (χ3v) is 5.35. The minimum Gasteiger partial charge on any atom is -0.444 e. The third-order valence-electron chi connectivity index (χ3n) is 5.04. The van der Waals surface area contributed by atoms with E-state index in [1.165, 1.54) is 0 Å². The molecule has 1 aromatic heterocycles. The highest BCUT2D eigenvalue weighted by atomic mass is 35.5. The molecule has 1 aliphatic heterocycles. The van der Waals surface area contributed by atoms with Crippen molar-refractivity contribution in [3.05, 3.63) is 29.0 Å². The summed E-state index contributed by atoms with van der Waals surface area (Å²) in [5.74, 6) is 0.487. The van der Waals surface area contributed by atoms with Gasteiger partial charge in [0.05, 0.1) is 5.02 Å². The van der Waals surface area contributed by atoms with Crippen molar-refractivity contribution < 1.29 is 14.3 Å². The van der Waals surface area contributed by atoms with Gasteiger partial charge in [-0.3, -0.25) is 4.79 Å². The first-order chi connectivity index (χ1) is 12.1. The zero-order chi connectivity index (χ0) is 19.1. The summed E-state index contributed by atoms with van der Waals surface area (Å²) in [7, 11) is 0. The van der Waals surface area contributed by atoms with Crippen molar-refractivity contribution in [1.29, 1.82) is 0 Å². The number of hydrogen-bond acceptors (Lipinski definition) is 4. The van der Waals surface area contributed by atoms with Crippen molar-refractivity contribution >= 4 is 23.6 Å². The largest absolute Gasteiger partial charge is 0.444 e. The van der Waals surface area contributed by atoms with Crippen LogP contribution in [0.5, 0.6) is 0 Å².